The third kappa shape index (κ3) is 3.00. The van der Waals surface area contributed by atoms with Gasteiger partial charge in [0.1, 0.15) is 0 Å². The van der Waals surface area contributed by atoms with Gasteiger partial charge in [0, 0.05) is 31.9 Å². The van der Waals surface area contributed by atoms with Crippen LogP contribution in [0.3, 0.4) is 0 Å². The summed E-state index contributed by atoms with van der Waals surface area (Å²) in [6, 6.07) is 46.6. The first-order valence-electron chi connectivity index (χ1n) is 13.2. The van der Waals surface area contributed by atoms with Gasteiger partial charge in [-0.1, -0.05) is 103 Å². The van der Waals surface area contributed by atoms with E-state index in [1.165, 1.54) is 79.0 Å². The molecule has 0 saturated heterocycles. The van der Waals surface area contributed by atoms with Gasteiger partial charge in [-0.15, -0.1) is 22.7 Å². The fourth-order valence-electron chi connectivity index (χ4n) is 6.27. The molecule has 0 radical (unpaired) electrons. The molecule has 0 bridgehead atoms. The van der Waals surface area contributed by atoms with E-state index in [0.717, 1.165) is 0 Å². The average Bonchev–Trinajstić information content (AvgIpc) is 3.65. The molecule has 0 saturated carbocycles. The first-order valence-corrected chi connectivity index (χ1v) is 14.8. The topological polar surface area (TPSA) is 4.93 Å². The molecule has 0 aliphatic carbocycles. The highest BCUT2D eigenvalue weighted by molar-refractivity contribution is 7.37. The van der Waals surface area contributed by atoms with E-state index in [0.29, 0.717) is 0 Å². The number of thiophene rings is 2. The Hall–Kier alpha value is -4.44. The predicted molar refractivity (Wildman–Crippen MR) is 172 cm³/mol. The van der Waals surface area contributed by atoms with Crippen LogP contribution in [0.4, 0.5) is 0 Å². The van der Waals surface area contributed by atoms with Crippen molar-refractivity contribution in [1.29, 1.82) is 0 Å². The van der Waals surface area contributed by atoms with Gasteiger partial charge in [0.15, 0.2) is 0 Å². The number of hydrogen-bond acceptors (Lipinski definition) is 2. The number of nitrogens with zero attached hydrogens (tertiary/aromatic N) is 1. The minimum absolute atomic E-state index is 1.20. The van der Waals surface area contributed by atoms with Crippen LogP contribution in [0, 0.1) is 0 Å². The Balaban J connectivity index is 1.39. The summed E-state index contributed by atoms with van der Waals surface area (Å²) in [6.07, 6.45) is 0. The van der Waals surface area contributed by atoms with Crippen molar-refractivity contribution in [1.82, 2.24) is 4.57 Å². The smallest absolute Gasteiger partial charge is 0.0720 e. The number of aromatic nitrogens is 1. The second-order valence-corrected chi connectivity index (χ2v) is 12.2. The Bertz CT molecular complexity index is 2390. The summed E-state index contributed by atoms with van der Waals surface area (Å²) < 4.78 is 8.03. The van der Waals surface area contributed by atoms with Crippen molar-refractivity contribution in [3.05, 3.63) is 127 Å². The van der Waals surface area contributed by atoms with Crippen LogP contribution in [0.1, 0.15) is 0 Å². The van der Waals surface area contributed by atoms with Crippen molar-refractivity contribution in [2.75, 3.05) is 0 Å². The second-order valence-electron chi connectivity index (χ2n) is 10.1. The molecule has 0 amide bonds. The molecule has 3 heteroatoms. The molecule has 9 aromatic rings. The Morgan fingerprint density at radius 1 is 0.462 bits per heavy atom. The van der Waals surface area contributed by atoms with Crippen LogP contribution in [0.5, 0.6) is 0 Å². The maximum atomic E-state index is 2.49. The average molecular weight is 532 g/mol. The lowest BCUT2D eigenvalue weighted by atomic mass is 9.98. The normalized spacial score (nSPS) is 12.1. The zero-order valence-electron chi connectivity index (χ0n) is 20.9. The number of para-hydroxylation sites is 1. The van der Waals surface area contributed by atoms with Gasteiger partial charge in [0.2, 0.25) is 0 Å². The highest BCUT2D eigenvalue weighted by Crippen LogP contribution is 2.48. The summed E-state index contributed by atoms with van der Waals surface area (Å²) in [6.45, 7) is 0. The summed E-state index contributed by atoms with van der Waals surface area (Å²) in [5.41, 5.74) is 6.25. The minimum Gasteiger partial charge on any atom is -0.308 e. The van der Waals surface area contributed by atoms with Crippen molar-refractivity contribution >= 4 is 84.8 Å². The molecule has 3 aromatic heterocycles. The van der Waals surface area contributed by atoms with E-state index in [4.69, 9.17) is 0 Å². The molecule has 0 N–H and O–H groups in total. The molecule has 6 aromatic carbocycles. The van der Waals surface area contributed by atoms with Crippen LogP contribution >= 0.6 is 22.7 Å². The molecule has 39 heavy (non-hydrogen) atoms. The van der Waals surface area contributed by atoms with Gasteiger partial charge in [-0.3, -0.25) is 0 Å². The highest BCUT2D eigenvalue weighted by Gasteiger charge is 2.20. The molecule has 1 nitrogen and oxygen atoms in total. The van der Waals surface area contributed by atoms with Gasteiger partial charge in [-0.2, -0.15) is 0 Å². The van der Waals surface area contributed by atoms with E-state index in [1.54, 1.807) is 0 Å². The largest absolute Gasteiger partial charge is 0.308 e. The molecule has 0 fully saturated rings. The quantitative estimate of drug-likeness (QED) is 0.209. The lowest BCUT2D eigenvalue weighted by Gasteiger charge is -2.12. The molecule has 9 rings (SSSR count). The third-order valence-corrected chi connectivity index (χ3v) is 10.6. The van der Waals surface area contributed by atoms with Crippen molar-refractivity contribution in [2.24, 2.45) is 0 Å². The van der Waals surface area contributed by atoms with E-state index in [-0.39, 0.29) is 0 Å². The molecule has 0 aliphatic heterocycles. The minimum atomic E-state index is 1.20. The van der Waals surface area contributed by atoms with Crippen LogP contribution < -0.4 is 0 Å². The van der Waals surface area contributed by atoms with Crippen molar-refractivity contribution in [3.63, 3.8) is 0 Å². The monoisotopic (exact) mass is 531 g/mol. The van der Waals surface area contributed by atoms with Crippen LogP contribution in [-0.4, -0.2) is 4.57 Å². The Labute approximate surface area is 232 Å². The fraction of sp³-hybridized carbons (Fsp3) is 0. The van der Waals surface area contributed by atoms with Gasteiger partial charge >= 0.3 is 0 Å². The standard InChI is InChI=1S/C36H21NS2/c1-2-13-25-22(9-1)10-8-16-26(25)23-11-7-12-24(21-23)37-31-17-5-3-14-27(31)28-19-20-30-34(33(28)37)39-35-29-15-4-6-18-32(29)38-36(30)35/h1-21H. The van der Waals surface area contributed by atoms with Crippen LogP contribution in [0.15, 0.2) is 127 Å². The van der Waals surface area contributed by atoms with Gasteiger partial charge < -0.3 is 4.57 Å². The molecule has 3 heterocycles. The van der Waals surface area contributed by atoms with Crippen molar-refractivity contribution in [2.45, 2.75) is 0 Å². The summed E-state index contributed by atoms with van der Waals surface area (Å²) >= 11 is 3.86. The lowest BCUT2D eigenvalue weighted by molar-refractivity contribution is 1.19. The summed E-state index contributed by atoms with van der Waals surface area (Å²) in [5, 5.41) is 7.89. The first-order chi connectivity index (χ1) is 19.3. The molecular formula is C36H21NS2. The molecule has 182 valence electrons. The van der Waals surface area contributed by atoms with E-state index < -0.39 is 0 Å². The summed E-state index contributed by atoms with van der Waals surface area (Å²) in [7, 11) is 0. The molecule has 0 unspecified atom stereocenters. The van der Waals surface area contributed by atoms with Gasteiger partial charge in [0.05, 0.1) is 25.1 Å². The van der Waals surface area contributed by atoms with Gasteiger partial charge in [-0.05, 0) is 46.2 Å². The van der Waals surface area contributed by atoms with E-state index in [9.17, 15) is 0 Å². The number of hydrogen-bond donors (Lipinski definition) is 0. The van der Waals surface area contributed by atoms with Crippen LogP contribution in [-0.2, 0) is 0 Å². The van der Waals surface area contributed by atoms with Crippen molar-refractivity contribution in [3.8, 4) is 16.8 Å². The van der Waals surface area contributed by atoms with Gasteiger partial charge in [0.25, 0.3) is 0 Å². The van der Waals surface area contributed by atoms with E-state index >= 15 is 0 Å². The summed E-state index contributed by atoms with van der Waals surface area (Å²) in [4.78, 5) is 0. The number of benzene rings is 6. The molecular weight excluding hydrogens is 511 g/mol. The highest BCUT2D eigenvalue weighted by atomic mass is 32.1. The number of fused-ring (bicyclic) bond motifs is 10. The third-order valence-electron chi connectivity index (χ3n) is 7.99. The Morgan fingerprint density at radius 3 is 2.13 bits per heavy atom. The zero-order valence-corrected chi connectivity index (χ0v) is 22.5. The maximum Gasteiger partial charge on any atom is 0.0720 e. The Kier molecular flexibility index (Phi) is 4.43. The molecule has 0 aliphatic rings. The fourth-order valence-corrected chi connectivity index (χ4v) is 9.05. The van der Waals surface area contributed by atoms with E-state index in [2.05, 4.69) is 132 Å². The first kappa shape index (κ1) is 21.5. The van der Waals surface area contributed by atoms with Crippen molar-refractivity contribution < 1.29 is 0 Å². The second kappa shape index (κ2) is 8.03. The van der Waals surface area contributed by atoms with Crippen LogP contribution in [0.25, 0.3) is 79.0 Å². The molecule has 0 spiro atoms. The molecule has 0 atom stereocenters. The van der Waals surface area contributed by atoms with E-state index in [1.807, 2.05) is 22.7 Å². The Morgan fingerprint density at radius 2 is 1.18 bits per heavy atom. The van der Waals surface area contributed by atoms with Gasteiger partial charge in [-0.25, -0.2) is 0 Å². The SMILES string of the molecule is c1cc(-c2cccc3ccccc23)cc(-n2c3ccccc3c3ccc4c5sc6ccccc6c5sc4c32)c1. The summed E-state index contributed by atoms with van der Waals surface area (Å²) in [5.74, 6) is 0. The predicted octanol–water partition coefficient (Wildman–Crippen LogP) is 11.2. The maximum absolute atomic E-state index is 2.49. The van der Waals surface area contributed by atoms with Crippen LogP contribution in [0.2, 0.25) is 0 Å². The zero-order chi connectivity index (χ0) is 25.5. The number of rotatable bonds is 2. The lowest BCUT2D eigenvalue weighted by Crippen LogP contribution is -1.94.